The topological polar surface area (TPSA) is 35.5 Å². The molecule has 3 heteroatoms. The first-order chi connectivity index (χ1) is 8.91. The Balaban J connectivity index is 2.42. The van der Waals surface area contributed by atoms with Gasteiger partial charge in [0, 0.05) is 31.2 Å². The van der Waals surface area contributed by atoms with E-state index < -0.39 is 0 Å². The SMILES string of the molecule is CC(NCCN(C(C)C)C(C)C)c1ccc(O)cc1. The van der Waals surface area contributed by atoms with Gasteiger partial charge in [0.1, 0.15) is 5.75 Å². The van der Waals surface area contributed by atoms with Crippen LogP contribution in [-0.4, -0.2) is 35.2 Å². The van der Waals surface area contributed by atoms with Crippen LogP contribution in [0, 0.1) is 0 Å². The third-order valence-corrected chi connectivity index (χ3v) is 3.54. The van der Waals surface area contributed by atoms with Crippen molar-refractivity contribution < 1.29 is 5.11 Å². The predicted octanol–water partition coefficient (Wildman–Crippen LogP) is 3.16. The van der Waals surface area contributed by atoms with Crippen molar-refractivity contribution in [2.75, 3.05) is 13.1 Å². The number of hydrogen-bond donors (Lipinski definition) is 2. The van der Waals surface area contributed by atoms with E-state index in [0.29, 0.717) is 23.9 Å². The van der Waals surface area contributed by atoms with Gasteiger partial charge in [0.2, 0.25) is 0 Å². The van der Waals surface area contributed by atoms with Gasteiger partial charge in [0.05, 0.1) is 0 Å². The van der Waals surface area contributed by atoms with E-state index in [1.165, 1.54) is 5.56 Å². The van der Waals surface area contributed by atoms with Crippen LogP contribution in [0.15, 0.2) is 24.3 Å². The third-order valence-electron chi connectivity index (χ3n) is 3.54. The van der Waals surface area contributed by atoms with E-state index in [4.69, 9.17) is 0 Å². The molecule has 0 amide bonds. The number of nitrogens with one attached hydrogen (secondary N) is 1. The Kier molecular flexibility index (Phi) is 6.32. The van der Waals surface area contributed by atoms with E-state index in [2.05, 4.69) is 44.8 Å². The molecule has 0 saturated carbocycles. The van der Waals surface area contributed by atoms with E-state index in [-0.39, 0.29) is 0 Å². The molecule has 1 atom stereocenters. The lowest BCUT2D eigenvalue weighted by Gasteiger charge is -2.31. The van der Waals surface area contributed by atoms with E-state index >= 15 is 0 Å². The molecule has 2 N–H and O–H groups in total. The summed E-state index contributed by atoms with van der Waals surface area (Å²) in [5.74, 6) is 0.321. The fourth-order valence-electron chi connectivity index (χ4n) is 2.40. The Morgan fingerprint density at radius 1 is 1.00 bits per heavy atom. The van der Waals surface area contributed by atoms with Crippen molar-refractivity contribution in [2.24, 2.45) is 0 Å². The average Bonchev–Trinajstić information content (AvgIpc) is 2.34. The third kappa shape index (κ3) is 5.21. The summed E-state index contributed by atoms with van der Waals surface area (Å²) in [4.78, 5) is 2.48. The molecule has 0 saturated heterocycles. The number of phenols is 1. The predicted molar refractivity (Wildman–Crippen MR) is 81.5 cm³/mol. The summed E-state index contributed by atoms with van der Waals surface area (Å²) in [5, 5.41) is 12.8. The van der Waals surface area contributed by atoms with Crippen LogP contribution in [0.5, 0.6) is 5.75 Å². The van der Waals surface area contributed by atoms with Gasteiger partial charge in [-0.1, -0.05) is 12.1 Å². The van der Waals surface area contributed by atoms with Crippen LogP contribution in [0.4, 0.5) is 0 Å². The highest BCUT2D eigenvalue weighted by Crippen LogP contribution is 2.16. The van der Waals surface area contributed by atoms with Crippen LogP contribution in [0.25, 0.3) is 0 Å². The molecular weight excluding hydrogens is 236 g/mol. The molecule has 3 nitrogen and oxygen atoms in total. The van der Waals surface area contributed by atoms with Gasteiger partial charge < -0.3 is 10.4 Å². The van der Waals surface area contributed by atoms with Gasteiger partial charge in [0.15, 0.2) is 0 Å². The van der Waals surface area contributed by atoms with Gasteiger partial charge in [-0.3, -0.25) is 4.90 Å². The molecule has 1 rings (SSSR count). The summed E-state index contributed by atoms with van der Waals surface area (Å²) < 4.78 is 0. The Morgan fingerprint density at radius 3 is 2.00 bits per heavy atom. The number of nitrogens with zero attached hydrogens (tertiary/aromatic N) is 1. The lowest BCUT2D eigenvalue weighted by molar-refractivity contribution is 0.174. The van der Waals surface area contributed by atoms with Gasteiger partial charge in [-0.15, -0.1) is 0 Å². The van der Waals surface area contributed by atoms with Crippen LogP contribution in [0.3, 0.4) is 0 Å². The molecule has 0 fully saturated rings. The summed E-state index contributed by atoms with van der Waals surface area (Å²) >= 11 is 0. The van der Waals surface area contributed by atoms with Crippen molar-refractivity contribution in [1.29, 1.82) is 0 Å². The molecule has 0 radical (unpaired) electrons. The number of hydrogen-bond acceptors (Lipinski definition) is 3. The van der Waals surface area contributed by atoms with Gasteiger partial charge in [-0.05, 0) is 52.3 Å². The van der Waals surface area contributed by atoms with E-state index in [0.717, 1.165) is 13.1 Å². The van der Waals surface area contributed by atoms with Gasteiger partial charge in [-0.25, -0.2) is 0 Å². The Labute approximate surface area is 117 Å². The summed E-state index contributed by atoms with van der Waals surface area (Å²) in [6, 6.07) is 8.87. The molecule has 0 heterocycles. The highest BCUT2D eigenvalue weighted by atomic mass is 16.3. The summed E-state index contributed by atoms with van der Waals surface area (Å²) in [6.07, 6.45) is 0. The van der Waals surface area contributed by atoms with E-state index in [9.17, 15) is 5.11 Å². The summed E-state index contributed by atoms with van der Waals surface area (Å²) in [6.45, 7) is 13.1. The molecule has 0 aromatic heterocycles. The number of aromatic hydroxyl groups is 1. The molecule has 108 valence electrons. The van der Waals surface area contributed by atoms with Crippen LogP contribution in [0.1, 0.15) is 46.2 Å². The summed E-state index contributed by atoms with van der Waals surface area (Å²) in [5.41, 5.74) is 1.21. The Morgan fingerprint density at radius 2 is 1.53 bits per heavy atom. The normalized spacial score (nSPS) is 13.5. The van der Waals surface area contributed by atoms with Crippen LogP contribution >= 0.6 is 0 Å². The average molecular weight is 264 g/mol. The minimum atomic E-state index is 0.307. The second-order valence-electron chi connectivity index (χ2n) is 5.69. The lowest BCUT2D eigenvalue weighted by atomic mass is 10.1. The zero-order chi connectivity index (χ0) is 14.4. The fraction of sp³-hybridized carbons (Fsp3) is 0.625. The minimum Gasteiger partial charge on any atom is -0.508 e. The zero-order valence-electron chi connectivity index (χ0n) is 12.9. The highest BCUT2D eigenvalue weighted by molar-refractivity contribution is 5.27. The quantitative estimate of drug-likeness (QED) is 0.794. The van der Waals surface area contributed by atoms with Crippen molar-refractivity contribution in [3.8, 4) is 5.75 Å². The molecule has 0 bridgehead atoms. The summed E-state index contributed by atoms with van der Waals surface area (Å²) in [7, 11) is 0. The van der Waals surface area contributed by atoms with Crippen molar-refractivity contribution in [1.82, 2.24) is 10.2 Å². The molecule has 19 heavy (non-hydrogen) atoms. The van der Waals surface area contributed by atoms with Gasteiger partial charge in [0.25, 0.3) is 0 Å². The minimum absolute atomic E-state index is 0.307. The maximum Gasteiger partial charge on any atom is 0.115 e. The lowest BCUT2D eigenvalue weighted by Crippen LogP contribution is -2.41. The first kappa shape index (κ1) is 16.0. The van der Waals surface area contributed by atoms with Gasteiger partial charge in [-0.2, -0.15) is 0 Å². The number of phenolic OH excluding ortho intramolecular Hbond substituents is 1. The molecular formula is C16H28N2O. The molecule has 1 unspecified atom stereocenters. The number of rotatable bonds is 7. The largest absolute Gasteiger partial charge is 0.508 e. The van der Waals surface area contributed by atoms with Crippen molar-refractivity contribution in [3.63, 3.8) is 0 Å². The maximum absolute atomic E-state index is 9.28. The van der Waals surface area contributed by atoms with E-state index in [1.54, 1.807) is 12.1 Å². The van der Waals surface area contributed by atoms with E-state index in [1.807, 2.05) is 12.1 Å². The number of benzene rings is 1. The van der Waals surface area contributed by atoms with Crippen molar-refractivity contribution in [3.05, 3.63) is 29.8 Å². The highest BCUT2D eigenvalue weighted by Gasteiger charge is 2.13. The van der Waals surface area contributed by atoms with Crippen molar-refractivity contribution >= 4 is 0 Å². The van der Waals surface area contributed by atoms with Crippen molar-refractivity contribution in [2.45, 2.75) is 52.7 Å². The molecule has 1 aromatic rings. The zero-order valence-corrected chi connectivity index (χ0v) is 12.9. The second kappa shape index (κ2) is 7.51. The standard InChI is InChI=1S/C16H28N2O/c1-12(2)18(13(3)4)11-10-17-14(5)15-6-8-16(19)9-7-15/h6-9,12-14,17,19H,10-11H2,1-5H3. The molecule has 0 aliphatic rings. The molecule has 0 aliphatic heterocycles. The monoisotopic (exact) mass is 264 g/mol. The molecule has 1 aromatic carbocycles. The van der Waals surface area contributed by atoms with Crippen LogP contribution in [0.2, 0.25) is 0 Å². The fourth-order valence-corrected chi connectivity index (χ4v) is 2.40. The molecule has 0 spiro atoms. The molecule has 0 aliphatic carbocycles. The van der Waals surface area contributed by atoms with Crippen LogP contribution < -0.4 is 5.32 Å². The second-order valence-corrected chi connectivity index (χ2v) is 5.69. The van der Waals surface area contributed by atoms with Crippen LogP contribution in [-0.2, 0) is 0 Å². The smallest absolute Gasteiger partial charge is 0.115 e. The Bertz CT molecular complexity index is 352. The van der Waals surface area contributed by atoms with Gasteiger partial charge >= 0.3 is 0 Å². The first-order valence-electron chi connectivity index (χ1n) is 7.20. The Hall–Kier alpha value is -1.06. The maximum atomic E-state index is 9.28. The first-order valence-corrected chi connectivity index (χ1v) is 7.20.